The maximum Gasteiger partial charge on any atom is 0.408 e. The molecule has 2 aromatic carbocycles. The first-order valence-corrected chi connectivity index (χ1v) is 11.5. The molecule has 0 aliphatic carbocycles. The molecule has 0 radical (unpaired) electrons. The third-order valence-corrected chi connectivity index (χ3v) is 4.99. The second kappa shape index (κ2) is 13.9. The molecule has 3 amide bonds. The minimum Gasteiger partial charge on any atom is -0.445 e. The molecule has 0 saturated carbocycles. The number of benzene rings is 2. The van der Waals surface area contributed by atoms with Gasteiger partial charge in [-0.1, -0.05) is 81.4 Å². The summed E-state index contributed by atoms with van der Waals surface area (Å²) in [4.78, 5) is 38.2. The van der Waals surface area contributed by atoms with Gasteiger partial charge >= 0.3 is 6.09 Å². The lowest BCUT2D eigenvalue weighted by Gasteiger charge is -2.24. The van der Waals surface area contributed by atoms with Crippen molar-refractivity contribution in [3.8, 4) is 0 Å². The lowest BCUT2D eigenvalue weighted by molar-refractivity contribution is -0.130. The first kappa shape index (κ1) is 25.9. The first-order chi connectivity index (χ1) is 15.9. The van der Waals surface area contributed by atoms with Crippen molar-refractivity contribution in [2.75, 3.05) is 6.54 Å². The van der Waals surface area contributed by atoms with E-state index in [1.54, 1.807) is 0 Å². The van der Waals surface area contributed by atoms with E-state index in [2.05, 4.69) is 16.0 Å². The number of hydrogen-bond acceptors (Lipinski definition) is 4. The van der Waals surface area contributed by atoms with E-state index in [1.165, 1.54) is 0 Å². The normalized spacial score (nSPS) is 12.5. The van der Waals surface area contributed by atoms with Gasteiger partial charge in [-0.05, 0) is 29.9 Å². The molecule has 0 unspecified atom stereocenters. The van der Waals surface area contributed by atoms with E-state index in [-0.39, 0.29) is 18.4 Å². The van der Waals surface area contributed by atoms with Gasteiger partial charge in [-0.15, -0.1) is 0 Å². The van der Waals surface area contributed by atoms with E-state index >= 15 is 0 Å². The molecule has 178 valence electrons. The maximum absolute atomic E-state index is 13.1. The van der Waals surface area contributed by atoms with Crippen LogP contribution in [-0.2, 0) is 27.4 Å². The summed E-state index contributed by atoms with van der Waals surface area (Å²) in [6.07, 6.45) is 0.896. The van der Waals surface area contributed by atoms with Crippen molar-refractivity contribution < 1.29 is 19.1 Å². The third kappa shape index (κ3) is 9.76. The molecule has 2 rings (SSSR count). The van der Waals surface area contributed by atoms with Gasteiger partial charge in [0.05, 0.1) is 0 Å². The van der Waals surface area contributed by atoms with Crippen LogP contribution in [-0.4, -0.2) is 36.5 Å². The first-order valence-electron chi connectivity index (χ1n) is 11.5. The Kier molecular flexibility index (Phi) is 10.9. The fourth-order valence-electron chi connectivity index (χ4n) is 3.31. The maximum atomic E-state index is 13.1. The van der Waals surface area contributed by atoms with Gasteiger partial charge in [0.25, 0.3) is 0 Å². The summed E-state index contributed by atoms with van der Waals surface area (Å²) in [7, 11) is 0. The Hall–Kier alpha value is -3.35. The lowest BCUT2D eigenvalue weighted by atomic mass is 10.0. The Morgan fingerprint density at radius 2 is 1.42 bits per heavy atom. The molecule has 7 heteroatoms. The minimum atomic E-state index is -0.814. The van der Waals surface area contributed by atoms with Crippen molar-refractivity contribution in [1.82, 2.24) is 16.0 Å². The molecule has 0 heterocycles. The summed E-state index contributed by atoms with van der Waals surface area (Å²) in [5.74, 6) is -0.506. The summed E-state index contributed by atoms with van der Waals surface area (Å²) in [6, 6.07) is 17.3. The highest BCUT2D eigenvalue weighted by Gasteiger charge is 2.28. The van der Waals surface area contributed by atoms with Crippen molar-refractivity contribution in [3.05, 3.63) is 71.8 Å². The average Bonchev–Trinajstić information content (AvgIpc) is 2.81. The highest BCUT2D eigenvalue weighted by molar-refractivity contribution is 5.91. The molecule has 0 aliphatic rings. The molecule has 7 nitrogen and oxygen atoms in total. The summed E-state index contributed by atoms with van der Waals surface area (Å²) in [5, 5.41) is 8.35. The van der Waals surface area contributed by atoms with Crippen LogP contribution in [0.3, 0.4) is 0 Å². The zero-order chi connectivity index (χ0) is 24.1. The van der Waals surface area contributed by atoms with E-state index < -0.39 is 24.1 Å². The predicted molar refractivity (Wildman–Crippen MR) is 128 cm³/mol. The third-order valence-electron chi connectivity index (χ3n) is 4.99. The second-order valence-corrected chi connectivity index (χ2v) is 8.43. The number of alkyl carbamates (subject to hydrolysis) is 1. The molecule has 2 atom stereocenters. The van der Waals surface area contributed by atoms with Crippen LogP contribution >= 0.6 is 0 Å². The molecule has 0 saturated heterocycles. The minimum absolute atomic E-state index is 0.110. The fraction of sp³-hybridized carbons (Fsp3) is 0.423. The molecule has 0 spiro atoms. The quantitative estimate of drug-likeness (QED) is 0.458. The van der Waals surface area contributed by atoms with Gasteiger partial charge in [-0.25, -0.2) is 4.79 Å². The van der Waals surface area contributed by atoms with Gasteiger partial charge in [0.15, 0.2) is 0 Å². The summed E-state index contributed by atoms with van der Waals surface area (Å²) < 4.78 is 5.28. The Balaban J connectivity index is 2.04. The molecule has 0 aromatic heterocycles. The van der Waals surface area contributed by atoms with Crippen molar-refractivity contribution in [3.63, 3.8) is 0 Å². The number of rotatable bonds is 12. The van der Waals surface area contributed by atoms with Crippen LogP contribution in [0.5, 0.6) is 0 Å². The van der Waals surface area contributed by atoms with Crippen LogP contribution in [0.4, 0.5) is 4.79 Å². The highest BCUT2D eigenvalue weighted by atomic mass is 16.5. The largest absolute Gasteiger partial charge is 0.445 e. The Bertz CT molecular complexity index is 872. The van der Waals surface area contributed by atoms with Crippen molar-refractivity contribution >= 4 is 17.9 Å². The lowest BCUT2D eigenvalue weighted by Crippen LogP contribution is -2.54. The van der Waals surface area contributed by atoms with Crippen molar-refractivity contribution in [2.45, 2.75) is 58.7 Å². The monoisotopic (exact) mass is 453 g/mol. The number of nitrogens with one attached hydrogen (secondary N) is 3. The molecule has 0 fully saturated rings. The average molecular weight is 454 g/mol. The van der Waals surface area contributed by atoms with Gasteiger partial charge in [-0.3, -0.25) is 9.59 Å². The van der Waals surface area contributed by atoms with Crippen molar-refractivity contribution in [2.24, 2.45) is 5.92 Å². The standard InChI is InChI=1S/C26H35N3O4/c1-4-15-27-24(30)23(17-20-11-7-5-8-12-20)28-25(31)22(16-19(2)3)29-26(32)33-18-21-13-9-6-10-14-21/h5-14,19,22-23H,4,15-18H2,1-3H3,(H,27,30)(H,28,31)(H,29,32)/t22-,23-/m0/s1. The van der Waals surface area contributed by atoms with Gasteiger partial charge in [0.2, 0.25) is 11.8 Å². The van der Waals surface area contributed by atoms with Gasteiger partial charge in [0, 0.05) is 13.0 Å². The van der Waals surface area contributed by atoms with Crippen LogP contribution < -0.4 is 16.0 Å². The van der Waals surface area contributed by atoms with Crippen LogP contribution in [0.2, 0.25) is 0 Å². The Morgan fingerprint density at radius 1 is 0.818 bits per heavy atom. The number of hydrogen-bond donors (Lipinski definition) is 3. The second-order valence-electron chi connectivity index (χ2n) is 8.43. The van der Waals surface area contributed by atoms with E-state index in [0.717, 1.165) is 17.5 Å². The summed E-state index contributed by atoms with van der Waals surface area (Å²) in [6.45, 7) is 6.53. The van der Waals surface area contributed by atoms with E-state index in [1.807, 2.05) is 81.4 Å². The molecule has 0 aliphatic heterocycles. The molecule has 2 aromatic rings. The fourth-order valence-corrected chi connectivity index (χ4v) is 3.31. The number of carbonyl (C=O) groups excluding carboxylic acids is 3. The Labute approximate surface area is 196 Å². The number of ether oxygens (including phenoxy) is 1. The molecular weight excluding hydrogens is 418 g/mol. The van der Waals surface area contributed by atoms with E-state index in [0.29, 0.717) is 19.4 Å². The summed E-state index contributed by atoms with van der Waals surface area (Å²) >= 11 is 0. The molecule has 3 N–H and O–H groups in total. The van der Waals surface area contributed by atoms with Gasteiger partial charge in [0.1, 0.15) is 18.7 Å². The van der Waals surface area contributed by atoms with Gasteiger partial charge in [-0.2, -0.15) is 0 Å². The molecule has 0 bridgehead atoms. The van der Waals surface area contributed by atoms with Gasteiger partial charge < -0.3 is 20.7 Å². The zero-order valence-electron chi connectivity index (χ0n) is 19.7. The zero-order valence-corrected chi connectivity index (χ0v) is 19.7. The predicted octanol–water partition coefficient (Wildman–Crippen LogP) is 3.58. The van der Waals surface area contributed by atoms with E-state index in [4.69, 9.17) is 4.74 Å². The number of amides is 3. The van der Waals surface area contributed by atoms with Crippen LogP contribution in [0.15, 0.2) is 60.7 Å². The van der Waals surface area contributed by atoms with E-state index in [9.17, 15) is 14.4 Å². The number of carbonyl (C=O) groups is 3. The Morgan fingerprint density at radius 3 is 2.00 bits per heavy atom. The van der Waals surface area contributed by atoms with Crippen LogP contribution in [0.1, 0.15) is 44.7 Å². The molecule has 33 heavy (non-hydrogen) atoms. The van der Waals surface area contributed by atoms with Crippen molar-refractivity contribution in [1.29, 1.82) is 0 Å². The SMILES string of the molecule is CCCNC(=O)[C@H](Cc1ccccc1)NC(=O)[C@H](CC(C)C)NC(=O)OCc1ccccc1. The topological polar surface area (TPSA) is 96.5 Å². The van der Waals surface area contributed by atoms with Crippen LogP contribution in [0, 0.1) is 5.92 Å². The molecular formula is C26H35N3O4. The smallest absolute Gasteiger partial charge is 0.408 e. The van der Waals surface area contributed by atoms with Crippen LogP contribution in [0.25, 0.3) is 0 Å². The summed E-state index contributed by atoms with van der Waals surface area (Å²) in [5.41, 5.74) is 1.79. The highest BCUT2D eigenvalue weighted by Crippen LogP contribution is 2.09.